The molecular weight excluding hydrogens is 302 g/mol. The molecule has 1 aliphatic rings. The normalized spacial score (nSPS) is 20.8. The van der Waals surface area contributed by atoms with E-state index in [9.17, 15) is 14.7 Å². The molecule has 0 bridgehead atoms. The Morgan fingerprint density at radius 2 is 2.30 bits per heavy atom. The van der Waals surface area contributed by atoms with Gasteiger partial charge in [0.25, 0.3) is 0 Å². The molecule has 1 fully saturated rings. The van der Waals surface area contributed by atoms with Crippen molar-refractivity contribution in [1.29, 1.82) is 0 Å². The maximum atomic E-state index is 12.3. The summed E-state index contributed by atoms with van der Waals surface area (Å²) in [5.74, 6) is -0.0503. The van der Waals surface area contributed by atoms with Gasteiger partial charge >= 0.3 is 5.97 Å². The lowest BCUT2D eigenvalue weighted by Gasteiger charge is -2.31. The minimum atomic E-state index is -1.12. The summed E-state index contributed by atoms with van der Waals surface area (Å²) in [7, 11) is 0. The molecule has 0 radical (unpaired) electrons. The Hall–Kier alpha value is -2.64. The molecule has 8 heteroatoms. The molecule has 1 aliphatic heterocycles. The van der Waals surface area contributed by atoms with Crippen LogP contribution in [-0.4, -0.2) is 44.1 Å². The number of hydrogen-bond acceptors (Lipinski definition) is 6. The van der Waals surface area contributed by atoms with Crippen molar-refractivity contribution in [3.05, 3.63) is 24.3 Å². The van der Waals surface area contributed by atoms with Crippen molar-refractivity contribution in [1.82, 2.24) is 15.0 Å². The van der Waals surface area contributed by atoms with Crippen LogP contribution in [0.1, 0.15) is 32.1 Å². The third kappa shape index (κ3) is 2.84. The van der Waals surface area contributed by atoms with Crippen LogP contribution in [0.3, 0.4) is 0 Å². The van der Waals surface area contributed by atoms with Crippen LogP contribution in [0.25, 0.3) is 11.6 Å². The van der Waals surface area contributed by atoms with Gasteiger partial charge in [-0.05, 0) is 31.9 Å². The molecule has 1 amide bonds. The number of aryl methyl sites for hydroxylation is 1. The lowest BCUT2D eigenvalue weighted by molar-refractivity contribution is -0.155. The van der Waals surface area contributed by atoms with Gasteiger partial charge in [0.1, 0.15) is 5.54 Å². The van der Waals surface area contributed by atoms with Crippen molar-refractivity contribution in [2.45, 2.75) is 38.1 Å². The Morgan fingerprint density at radius 3 is 3.00 bits per heavy atom. The second-order valence-electron chi connectivity index (χ2n) is 5.72. The summed E-state index contributed by atoms with van der Waals surface area (Å²) in [6, 6.07) is 3.43. The number of carboxylic acids is 1. The van der Waals surface area contributed by atoms with Gasteiger partial charge in [0.05, 0.1) is 6.26 Å². The van der Waals surface area contributed by atoms with Crippen molar-refractivity contribution in [3.63, 3.8) is 0 Å². The number of carboxylic acid groups (broad SMARTS) is 1. The number of aliphatic carboxylic acids is 1. The molecule has 2 aromatic rings. The third-order valence-electron chi connectivity index (χ3n) is 4.17. The highest BCUT2D eigenvalue weighted by Crippen LogP contribution is 2.30. The number of rotatable bonds is 5. The molecule has 1 N–H and O–H groups in total. The molecular formula is C15H17N3O5. The molecule has 122 valence electrons. The molecule has 8 nitrogen and oxygen atoms in total. The number of aromatic nitrogens is 2. The monoisotopic (exact) mass is 319 g/mol. The molecule has 0 aliphatic carbocycles. The fourth-order valence-electron chi connectivity index (χ4n) is 2.80. The van der Waals surface area contributed by atoms with Crippen molar-refractivity contribution in [2.24, 2.45) is 0 Å². The summed E-state index contributed by atoms with van der Waals surface area (Å²) >= 11 is 0. The fourth-order valence-corrected chi connectivity index (χ4v) is 2.80. The van der Waals surface area contributed by atoms with Crippen LogP contribution < -0.4 is 0 Å². The van der Waals surface area contributed by atoms with E-state index in [1.807, 2.05) is 0 Å². The van der Waals surface area contributed by atoms with Gasteiger partial charge in [0.2, 0.25) is 17.6 Å². The van der Waals surface area contributed by atoms with Crippen molar-refractivity contribution in [3.8, 4) is 11.6 Å². The number of likely N-dealkylation sites (tertiary alicyclic amines) is 1. The number of carbonyl (C=O) groups excluding carboxylic acids is 1. The van der Waals surface area contributed by atoms with Crippen LogP contribution >= 0.6 is 0 Å². The highest BCUT2D eigenvalue weighted by Gasteiger charge is 2.45. The van der Waals surface area contributed by atoms with E-state index in [2.05, 4.69) is 10.1 Å². The molecule has 3 rings (SSSR count). The molecule has 3 heterocycles. The Labute approximate surface area is 132 Å². The standard InChI is InChI=1S/C15H17N3O5/c1-15(14(20)21)7-3-8-18(15)12(19)6-5-11-16-13(17-23-11)10-4-2-9-22-10/h2,4,9H,3,5-8H2,1H3,(H,20,21). The smallest absolute Gasteiger partial charge is 0.329 e. The third-order valence-corrected chi connectivity index (χ3v) is 4.17. The predicted octanol–water partition coefficient (Wildman–Crippen LogP) is 1.73. The predicted molar refractivity (Wildman–Crippen MR) is 77.3 cm³/mol. The quantitative estimate of drug-likeness (QED) is 0.893. The van der Waals surface area contributed by atoms with Gasteiger partial charge < -0.3 is 18.9 Å². The van der Waals surface area contributed by atoms with E-state index in [4.69, 9.17) is 8.94 Å². The van der Waals surface area contributed by atoms with Crippen LogP contribution in [0.2, 0.25) is 0 Å². The van der Waals surface area contributed by atoms with Crippen molar-refractivity contribution >= 4 is 11.9 Å². The maximum absolute atomic E-state index is 12.3. The lowest BCUT2D eigenvalue weighted by atomic mass is 9.99. The van der Waals surface area contributed by atoms with E-state index < -0.39 is 11.5 Å². The molecule has 0 aromatic carbocycles. The van der Waals surface area contributed by atoms with Crippen molar-refractivity contribution < 1.29 is 23.6 Å². The first-order valence-electron chi connectivity index (χ1n) is 7.41. The number of hydrogen-bond donors (Lipinski definition) is 1. The maximum Gasteiger partial charge on any atom is 0.329 e. The van der Waals surface area contributed by atoms with Gasteiger partial charge in [-0.15, -0.1) is 0 Å². The first kappa shape index (κ1) is 15.3. The molecule has 0 spiro atoms. The van der Waals surface area contributed by atoms with Gasteiger partial charge in [-0.3, -0.25) is 4.79 Å². The first-order valence-corrected chi connectivity index (χ1v) is 7.41. The Morgan fingerprint density at radius 1 is 1.48 bits per heavy atom. The number of furan rings is 1. The minimum absolute atomic E-state index is 0.128. The summed E-state index contributed by atoms with van der Waals surface area (Å²) in [5, 5.41) is 13.1. The highest BCUT2D eigenvalue weighted by molar-refractivity contribution is 5.87. The summed E-state index contributed by atoms with van der Waals surface area (Å²) in [6.07, 6.45) is 3.06. The molecule has 0 saturated carbocycles. The van der Waals surface area contributed by atoms with E-state index >= 15 is 0 Å². The Balaban J connectivity index is 1.62. The van der Waals surface area contributed by atoms with Gasteiger partial charge in [0.15, 0.2) is 5.76 Å². The summed E-state index contributed by atoms with van der Waals surface area (Å²) in [5.41, 5.74) is -1.12. The van der Waals surface area contributed by atoms with E-state index in [1.54, 1.807) is 19.1 Å². The molecule has 1 unspecified atom stereocenters. The second-order valence-corrected chi connectivity index (χ2v) is 5.72. The summed E-state index contributed by atoms with van der Waals surface area (Å²) in [4.78, 5) is 29.3. The SMILES string of the molecule is CC1(C(=O)O)CCCN1C(=O)CCc1nc(-c2ccco2)no1. The van der Waals surface area contributed by atoms with Crippen LogP contribution in [0.5, 0.6) is 0 Å². The summed E-state index contributed by atoms with van der Waals surface area (Å²) < 4.78 is 10.3. The molecule has 23 heavy (non-hydrogen) atoms. The number of nitrogens with zero attached hydrogens (tertiary/aromatic N) is 3. The van der Waals surface area contributed by atoms with Crippen LogP contribution in [0.4, 0.5) is 0 Å². The van der Waals surface area contributed by atoms with Crippen LogP contribution in [-0.2, 0) is 16.0 Å². The zero-order valence-corrected chi connectivity index (χ0v) is 12.7. The molecule has 1 saturated heterocycles. The fraction of sp³-hybridized carbons (Fsp3) is 0.467. The first-order chi connectivity index (χ1) is 11.0. The summed E-state index contributed by atoms with van der Waals surface area (Å²) in [6.45, 7) is 2.05. The van der Waals surface area contributed by atoms with Crippen LogP contribution in [0, 0.1) is 0 Å². The van der Waals surface area contributed by atoms with Crippen molar-refractivity contribution in [2.75, 3.05) is 6.54 Å². The lowest BCUT2D eigenvalue weighted by Crippen LogP contribution is -2.50. The largest absolute Gasteiger partial charge is 0.480 e. The Bertz CT molecular complexity index is 709. The van der Waals surface area contributed by atoms with Gasteiger partial charge in [-0.25, -0.2) is 4.79 Å². The topological polar surface area (TPSA) is 110 Å². The molecule has 2 aromatic heterocycles. The minimum Gasteiger partial charge on any atom is -0.480 e. The van der Waals surface area contributed by atoms with Gasteiger partial charge in [-0.2, -0.15) is 4.98 Å². The zero-order chi connectivity index (χ0) is 16.4. The number of amides is 1. The average Bonchev–Trinajstić information content (AvgIpc) is 3.25. The zero-order valence-electron chi connectivity index (χ0n) is 12.7. The van der Waals surface area contributed by atoms with E-state index in [1.165, 1.54) is 11.2 Å². The van der Waals surface area contributed by atoms with E-state index in [0.717, 1.165) is 0 Å². The second kappa shape index (κ2) is 5.86. The molecule has 1 atom stereocenters. The highest BCUT2D eigenvalue weighted by atomic mass is 16.5. The van der Waals surface area contributed by atoms with Crippen LogP contribution in [0.15, 0.2) is 27.3 Å². The van der Waals surface area contributed by atoms with E-state index in [-0.39, 0.29) is 18.7 Å². The van der Waals surface area contributed by atoms with E-state index in [0.29, 0.717) is 36.9 Å². The average molecular weight is 319 g/mol. The van der Waals surface area contributed by atoms with Gasteiger partial charge in [0, 0.05) is 19.4 Å². The van der Waals surface area contributed by atoms with Gasteiger partial charge in [-0.1, -0.05) is 5.16 Å². The Kier molecular flexibility index (Phi) is 3.89. The number of carbonyl (C=O) groups is 2.